The summed E-state index contributed by atoms with van der Waals surface area (Å²) in [4.78, 5) is 46.9. The van der Waals surface area contributed by atoms with Crippen LogP contribution in [0.1, 0.15) is 47.5 Å². The Bertz CT molecular complexity index is 867. The number of hydrogen-bond donors (Lipinski definition) is 0. The first-order chi connectivity index (χ1) is 16.6. The van der Waals surface area contributed by atoms with Crippen LogP contribution < -0.4 is 9.47 Å². The van der Waals surface area contributed by atoms with Crippen molar-refractivity contribution in [2.24, 2.45) is 0 Å². The first kappa shape index (κ1) is 27.9. The second-order valence-corrected chi connectivity index (χ2v) is 7.86. The van der Waals surface area contributed by atoms with Gasteiger partial charge in [-0.1, -0.05) is 13.3 Å². The van der Waals surface area contributed by atoms with E-state index in [9.17, 15) is 19.2 Å². The minimum absolute atomic E-state index is 0.331. The summed E-state index contributed by atoms with van der Waals surface area (Å²) >= 11 is 0. The van der Waals surface area contributed by atoms with Gasteiger partial charge in [-0.3, -0.25) is 19.2 Å². The van der Waals surface area contributed by atoms with E-state index < -0.39 is 54.6 Å². The second-order valence-electron chi connectivity index (χ2n) is 7.86. The Labute approximate surface area is 203 Å². The number of unbranched alkanes of at least 4 members (excludes halogenated alkanes) is 1. The van der Waals surface area contributed by atoms with Crippen molar-refractivity contribution in [3.8, 4) is 11.5 Å². The fourth-order valence-electron chi connectivity index (χ4n) is 3.37. The average Bonchev–Trinajstić information content (AvgIpc) is 2.77. The van der Waals surface area contributed by atoms with E-state index in [-0.39, 0.29) is 6.61 Å². The first-order valence-corrected chi connectivity index (χ1v) is 11.3. The van der Waals surface area contributed by atoms with Crippen molar-refractivity contribution in [3.05, 3.63) is 24.3 Å². The zero-order valence-electron chi connectivity index (χ0n) is 20.5. The van der Waals surface area contributed by atoms with Gasteiger partial charge < -0.3 is 33.2 Å². The summed E-state index contributed by atoms with van der Waals surface area (Å²) in [5, 5.41) is 0. The maximum absolute atomic E-state index is 11.9. The van der Waals surface area contributed by atoms with Crippen molar-refractivity contribution in [1.29, 1.82) is 0 Å². The fraction of sp³-hybridized carbons (Fsp3) is 0.583. The summed E-state index contributed by atoms with van der Waals surface area (Å²) in [5.74, 6) is -1.74. The van der Waals surface area contributed by atoms with Gasteiger partial charge in [0.1, 0.15) is 24.2 Å². The number of carbonyl (C=O) groups excluding carboxylic acids is 4. The smallest absolute Gasteiger partial charge is 0.303 e. The standard InChI is InChI=1S/C24H32O11/c1-6-7-12-29-18-8-10-19(11-9-18)34-24-23(33-17(5)28)22(32-16(4)27)21(31-15(3)26)20(35-24)13-30-14(2)25/h8-11,20-24H,6-7,12-13H2,1-5H3/t20-,21-,22+,23-,24-/m1/s1. The Kier molecular flexibility index (Phi) is 10.8. The minimum atomic E-state index is -1.30. The molecular weight excluding hydrogens is 464 g/mol. The molecule has 2 rings (SSSR count). The van der Waals surface area contributed by atoms with Crippen LogP contribution in [0.15, 0.2) is 24.3 Å². The lowest BCUT2D eigenvalue weighted by Gasteiger charge is -2.43. The highest BCUT2D eigenvalue weighted by Gasteiger charge is 2.53. The van der Waals surface area contributed by atoms with Crippen molar-refractivity contribution in [2.45, 2.75) is 78.2 Å². The molecule has 35 heavy (non-hydrogen) atoms. The maximum atomic E-state index is 11.9. The van der Waals surface area contributed by atoms with Gasteiger partial charge >= 0.3 is 23.9 Å². The van der Waals surface area contributed by atoms with Gasteiger partial charge in [0.15, 0.2) is 12.2 Å². The molecule has 1 aliphatic heterocycles. The van der Waals surface area contributed by atoms with Crippen LogP contribution in [-0.2, 0) is 42.9 Å². The van der Waals surface area contributed by atoms with E-state index in [1.54, 1.807) is 24.3 Å². The summed E-state index contributed by atoms with van der Waals surface area (Å²) in [6, 6.07) is 6.68. The Morgan fingerprint density at radius 1 is 0.771 bits per heavy atom. The average molecular weight is 497 g/mol. The lowest BCUT2D eigenvalue weighted by molar-refractivity contribution is -0.288. The third kappa shape index (κ3) is 9.08. The molecule has 1 aromatic rings. The normalized spacial score (nSPS) is 23.5. The van der Waals surface area contributed by atoms with Gasteiger partial charge in [0.2, 0.25) is 12.4 Å². The monoisotopic (exact) mass is 496 g/mol. The molecule has 1 aliphatic rings. The van der Waals surface area contributed by atoms with Gasteiger partial charge in [-0.25, -0.2) is 0 Å². The molecule has 11 heteroatoms. The molecule has 0 saturated carbocycles. The number of hydrogen-bond acceptors (Lipinski definition) is 11. The highest BCUT2D eigenvalue weighted by Crippen LogP contribution is 2.31. The molecule has 1 fully saturated rings. The first-order valence-electron chi connectivity index (χ1n) is 11.3. The molecule has 1 heterocycles. The predicted molar refractivity (Wildman–Crippen MR) is 119 cm³/mol. The Morgan fingerprint density at radius 2 is 1.31 bits per heavy atom. The Hall–Kier alpha value is -3.34. The summed E-state index contributed by atoms with van der Waals surface area (Å²) in [5.41, 5.74) is 0. The van der Waals surface area contributed by atoms with Crippen LogP contribution in [0.4, 0.5) is 0 Å². The number of esters is 4. The summed E-state index contributed by atoms with van der Waals surface area (Å²) in [6.45, 7) is 6.98. The van der Waals surface area contributed by atoms with Crippen molar-refractivity contribution < 1.29 is 52.3 Å². The van der Waals surface area contributed by atoms with Crippen LogP contribution in [0.5, 0.6) is 11.5 Å². The van der Waals surface area contributed by atoms with Crippen LogP contribution >= 0.6 is 0 Å². The minimum Gasteiger partial charge on any atom is -0.494 e. The van der Waals surface area contributed by atoms with Gasteiger partial charge in [0.05, 0.1) is 6.61 Å². The van der Waals surface area contributed by atoms with Gasteiger partial charge in [-0.05, 0) is 30.7 Å². The van der Waals surface area contributed by atoms with Crippen molar-refractivity contribution >= 4 is 23.9 Å². The van der Waals surface area contributed by atoms with E-state index in [0.29, 0.717) is 18.1 Å². The zero-order valence-corrected chi connectivity index (χ0v) is 20.5. The molecule has 0 aliphatic carbocycles. The van der Waals surface area contributed by atoms with E-state index >= 15 is 0 Å². The van der Waals surface area contributed by atoms with Crippen molar-refractivity contribution in [1.82, 2.24) is 0 Å². The van der Waals surface area contributed by atoms with Crippen LogP contribution in [0.3, 0.4) is 0 Å². The second kappa shape index (κ2) is 13.5. The molecule has 1 aromatic carbocycles. The molecule has 11 nitrogen and oxygen atoms in total. The quantitative estimate of drug-likeness (QED) is 0.254. The zero-order chi connectivity index (χ0) is 26.0. The molecule has 0 bridgehead atoms. The molecule has 194 valence electrons. The lowest BCUT2D eigenvalue weighted by Crippen LogP contribution is -2.63. The van der Waals surface area contributed by atoms with Crippen molar-refractivity contribution in [3.63, 3.8) is 0 Å². The number of rotatable bonds is 11. The molecule has 1 saturated heterocycles. The molecule has 0 N–H and O–H groups in total. The summed E-state index contributed by atoms with van der Waals surface area (Å²) < 4.78 is 38.6. The topological polar surface area (TPSA) is 133 Å². The van der Waals surface area contributed by atoms with Crippen LogP contribution in [-0.4, -0.2) is 67.8 Å². The maximum Gasteiger partial charge on any atom is 0.303 e. The van der Waals surface area contributed by atoms with Crippen LogP contribution in [0.2, 0.25) is 0 Å². The molecule has 5 atom stereocenters. The number of carbonyl (C=O) groups is 4. The van der Waals surface area contributed by atoms with Gasteiger partial charge in [-0.2, -0.15) is 0 Å². The largest absolute Gasteiger partial charge is 0.494 e. The lowest BCUT2D eigenvalue weighted by atomic mass is 9.98. The molecule has 0 unspecified atom stereocenters. The Morgan fingerprint density at radius 3 is 1.86 bits per heavy atom. The van der Waals surface area contributed by atoms with E-state index in [1.165, 1.54) is 6.92 Å². The van der Waals surface area contributed by atoms with E-state index in [4.69, 9.17) is 33.2 Å². The molecule has 0 spiro atoms. The molecule has 0 aromatic heterocycles. The van der Waals surface area contributed by atoms with Crippen LogP contribution in [0.25, 0.3) is 0 Å². The molecule has 0 amide bonds. The van der Waals surface area contributed by atoms with E-state index in [0.717, 1.165) is 33.6 Å². The highest BCUT2D eigenvalue weighted by molar-refractivity contribution is 5.68. The highest BCUT2D eigenvalue weighted by atomic mass is 16.7. The van der Waals surface area contributed by atoms with E-state index in [2.05, 4.69) is 6.92 Å². The van der Waals surface area contributed by atoms with Crippen LogP contribution in [0, 0.1) is 0 Å². The molecule has 0 radical (unpaired) electrons. The SMILES string of the molecule is CCCCOc1ccc(O[C@@H]2O[C@H](COC(C)=O)[C@@H](OC(C)=O)[C@H](OC(C)=O)[C@H]2OC(C)=O)cc1. The fourth-order valence-corrected chi connectivity index (χ4v) is 3.37. The number of ether oxygens (including phenoxy) is 7. The number of benzene rings is 1. The summed E-state index contributed by atoms with van der Waals surface area (Å²) in [7, 11) is 0. The summed E-state index contributed by atoms with van der Waals surface area (Å²) in [6.07, 6.45) is -4.28. The van der Waals surface area contributed by atoms with Gasteiger partial charge in [0.25, 0.3) is 0 Å². The third-order valence-corrected chi connectivity index (χ3v) is 4.79. The predicted octanol–water partition coefficient (Wildman–Crippen LogP) is 2.33. The van der Waals surface area contributed by atoms with Crippen molar-refractivity contribution in [2.75, 3.05) is 13.2 Å². The van der Waals surface area contributed by atoms with Gasteiger partial charge in [-0.15, -0.1) is 0 Å². The third-order valence-electron chi connectivity index (χ3n) is 4.79. The van der Waals surface area contributed by atoms with Gasteiger partial charge in [0, 0.05) is 27.7 Å². The molecular formula is C24H32O11. The Balaban J connectivity index is 2.34. The van der Waals surface area contributed by atoms with E-state index in [1.807, 2.05) is 0 Å².